The summed E-state index contributed by atoms with van der Waals surface area (Å²) in [4.78, 5) is 15.1. The highest BCUT2D eigenvalue weighted by atomic mass is 19.1. The topological polar surface area (TPSA) is 44.4 Å². The van der Waals surface area contributed by atoms with E-state index in [1.165, 1.54) is 11.6 Å². The molecular weight excluding hydrogens is 389 g/mol. The third-order valence-corrected chi connectivity index (χ3v) is 6.10. The highest BCUT2D eigenvalue weighted by Gasteiger charge is 2.29. The lowest BCUT2D eigenvalue weighted by molar-refractivity contribution is -0.129. The number of benzene rings is 2. The summed E-state index contributed by atoms with van der Waals surface area (Å²) in [6.45, 7) is 11.4. The van der Waals surface area contributed by atoms with Crippen molar-refractivity contribution < 1.29 is 9.18 Å². The maximum atomic E-state index is 13.4. The van der Waals surface area contributed by atoms with Gasteiger partial charge < -0.3 is 15.5 Å². The Morgan fingerprint density at radius 1 is 1.19 bits per heavy atom. The molecule has 1 fully saturated rings. The molecule has 1 aliphatic carbocycles. The Bertz CT molecular complexity index is 927. The molecule has 2 aromatic carbocycles. The number of aryl methyl sites for hydroxylation is 2. The third kappa shape index (κ3) is 6.17. The number of amides is 1. The minimum atomic E-state index is -0.210. The van der Waals surface area contributed by atoms with E-state index in [4.69, 9.17) is 0 Å². The van der Waals surface area contributed by atoms with E-state index in [2.05, 4.69) is 30.2 Å². The van der Waals surface area contributed by atoms with Crippen LogP contribution in [0.4, 0.5) is 10.1 Å². The van der Waals surface area contributed by atoms with Crippen molar-refractivity contribution in [2.75, 3.05) is 11.9 Å². The molecule has 5 heteroatoms. The van der Waals surface area contributed by atoms with Crippen LogP contribution in [0, 0.1) is 19.7 Å². The highest BCUT2D eigenvalue weighted by molar-refractivity contribution is 5.96. The maximum Gasteiger partial charge on any atom is 0.269 e. The van der Waals surface area contributed by atoms with Crippen molar-refractivity contribution in [3.8, 4) is 0 Å². The van der Waals surface area contributed by atoms with Gasteiger partial charge in [-0.15, -0.1) is 0 Å². The molecule has 2 N–H and O–H groups in total. The Hall–Kier alpha value is -2.66. The van der Waals surface area contributed by atoms with Gasteiger partial charge in [-0.1, -0.05) is 36.4 Å². The molecule has 1 saturated carbocycles. The summed E-state index contributed by atoms with van der Waals surface area (Å²) in [6.07, 6.45) is 4.02. The van der Waals surface area contributed by atoms with Gasteiger partial charge in [-0.2, -0.15) is 0 Å². The second-order valence-corrected chi connectivity index (χ2v) is 8.54. The molecule has 31 heavy (non-hydrogen) atoms. The monoisotopic (exact) mass is 423 g/mol. The lowest BCUT2D eigenvalue weighted by atomic mass is 9.89. The number of nitrogens with zero attached hydrogens (tertiary/aromatic N) is 1. The Kier molecular flexibility index (Phi) is 7.85. The van der Waals surface area contributed by atoms with E-state index in [0.29, 0.717) is 24.8 Å². The normalized spacial score (nSPS) is 18.5. The average Bonchev–Trinajstić information content (AvgIpc) is 2.75. The summed E-state index contributed by atoms with van der Waals surface area (Å²) in [5.74, 6) is -0.253. The average molecular weight is 424 g/mol. The summed E-state index contributed by atoms with van der Waals surface area (Å²) in [5, 5.41) is 6.77. The molecule has 0 aromatic heterocycles. The van der Waals surface area contributed by atoms with E-state index >= 15 is 0 Å². The molecule has 2 aromatic rings. The van der Waals surface area contributed by atoms with Gasteiger partial charge in [0.15, 0.2) is 0 Å². The first-order chi connectivity index (χ1) is 14.9. The van der Waals surface area contributed by atoms with Crippen molar-refractivity contribution in [3.05, 3.63) is 77.2 Å². The van der Waals surface area contributed by atoms with Gasteiger partial charge in [-0.3, -0.25) is 4.79 Å². The van der Waals surface area contributed by atoms with Crippen LogP contribution in [0.3, 0.4) is 0 Å². The summed E-state index contributed by atoms with van der Waals surface area (Å²) >= 11 is 0. The zero-order chi connectivity index (χ0) is 22.4. The van der Waals surface area contributed by atoms with Gasteiger partial charge in [0.1, 0.15) is 5.82 Å². The maximum absolute atomic E-state index is 13.4. The molecule has 0 heterocycles. The van der Waals surface area contributed by atoms with Crippen molar-refractivity contribution in [1.29, 1.82) is 0 Å². The smallest absolute Gasteiger partial charge is 0.269 e. The Morgan fingerprint density at radius 2 is 2.00 bits per heavy atom. The van der Waals surface area contributed by atoms with Crippen molar-refractivity contribution in [1.82, 2.24) is 10.2 Å². The first-order valence-corrected chi connectivity index (χ1v) is 11.2. The molecule has 2 unspecified atom stereocenters. The molecule has 0 radical (unpaired) electrons. The fraction of sp³-hybridized carbons (Fsp3) is 0.423. The lowest BCUT2D eigenvalue weighted by Crippen LogP contribution is -2.47. The number of halogens is 1. The van der Waals surface area contributed by atoms with Gasteiger partial charge in [0.2, 0.25) is 0 Å². The molecule has 0 bridgehead atoms. The standard InChI is InChI=1S/C26H34FN3O/c1-5-30(26(31)20(4)29-25-13-12-18(2)14-19(25)3)24-11-7-10-23(16-24)28-17-21-8-6-9-22(27)15-21/h6,8-9,12-15,23-24,28-29H,4-5,7,10-11,16-17H2,1-3H3. The van der Waals surface area contributed by atoms with E-state index in [1.807, 2.05) is 36.9 Å². The molecular formula is C26H34FN3O. The van der Waals surface area contributed by atoms with Crippen LogP contribution < -0.4 is 10.6 Å². The number of carbonyl (C=O) groups is 1. The molecule has 166 valence electrons. The summed E-state index contributed by atoms with van der Waals surface area (Å²) in [6, 6.07) is 13.3. The van der Waals surface area contributed by atoms with Crippen molar-refractivity contribution in [2.24, 2.45) is 0 Å². The number of rotatable bonds is 8. The molecule has 2 atom stereocenters. The van der Waals surface area contributed by atoms with Crippen molar-refractivity contribution >= 4 is 11.6 Å². The Morgan fingerprint density at radius 3 is 2.71 bits per heavy atom. The molecule has 0 aliphatic heterocycles. The zero-order valence-electron chi connectivity index (χ0n) is 18.9. The predicted octanol–water partition coefficient (Wildman–Crippen LogP) is 5.32. The second kappa shape index (κ2) is 10.6. The predicted molar refractivity (Wildman–Crippen MR) is 125 cm³/mol. The second-order valence-electron chi connectivity index (χ2n) is 8.54. The third-order valence-electron chi connectivity index (χ3n) is 6.10. The van der Waals surface area contributed by atoms with E-state index in [1.54, 1.807) is 12.1 Å². The molecule has 0 saturated heterocycles. The Balaban J connectivity index is 1.59. The summed E-state index contributed by atoms with van der Waals surface area (Å²) in [5.41, 5.74) is 4.55. The van der Waals surface area contributed by atoms with Gasteiger partial charge in [-0.25, -0.2) is 4.39 Å². The van der Waals surface area contributed by atoms with Crippen LogP contribution in [-0.2, 0) is 11.3 Å². The van der Waals surface area contributed by atoms with Crippen molar-refractivity contribution in [2.45, 2.75) is 65.1 Å². The van der Waals surface area contributed by atoms with Crippen LogP contribution in [0.2, 0.25) is 0 Å². The largest absolute Gasteiger partial charge is 0.351 e. The number of hydrogen-bond donors (Lipinski definition) is 2. The Labute approximate surface area is 185 Å². The van der Waals surface area contributed by atoms with E-state index in [0.717, 1.165) is 42.5 Å². The fourth-order valence-corrected chi connectivity index (χ4v) is 4.45. The number of carbonyl (C=O) groups excluding carboxylic acids is 1. The van der Waals surface area contributed by atoms with E-state index in [-0.39, 0.29) is 17.8 Å². The first kappa shape index (κ1) is 23.0. The molecule has 3 rings (SSSR count). The number of likely N-dealkylation sites (N-methyl/N-ethyl adjacent to an activating group) is 1. The van der Waals surface area contributed by atoms with Crippen molar-refractivity contribution in [3.63, 3.8) is 0 Å². The molecule has 1 amide bonds. The van der Waals surface area contributed by atoms with Crippen LogP contribution in [0.5, 0.6) is 0 Å². The van der Waals surface area contributed by atoms with Gasteiger partial charge in [0.05, 0.1) is 5.70 Å². The SMILES string of the molecule is C=C(Nc1ccc(C)cc1C)C(=O)N(CC)C1CCCC(NCc2cccc(F)c2)C1. The van der Waals surface area contributed by atoms with Gasteiger partial charge >= 0.3 is 0 Å². The first-order valence-electron chi connectivity index (χ1n) is 11.2. The van der Waals surface area contributed by atoms with Crippen LogP contribution in [0.25, 0.3) is 0 Å². The number of nitrogens with one attached hydrogen (secondary N) is 2. The van der Waals surface area contributed by atoms with Crippen LogP contribution >= 0.6 is 0 Å². The quantitative estimate of drug-likeness (QED) is 0.565. The lowest BCUT2D eigenvalue weighted by Gasteiger charge is -2.38. The van der Waals surface area contributed by atoms with Crippen LogP contribution in [0.15, 0.2) is 54.7 Å². The zero-order valence-corrected chi connectivity index (χ0v) is 18.9. The number of anilines is 1. The summed E-state index contributed by atoms with van der Waals surface area (Å²) < 4.78 is 13.4. The summed E-state index contributed by atoms with van der Waals surface area (Å²) in [7, 11) is 0. The van der Waals surface area contributed by atoms with Crippen LogP contribution in [0.1, 0.15) is 49.3 Å². The minimum absolute atomic E-state index is 0.0433. The molecule has 4 nitrogen and oxygen atoms in total. The molecule has 0 spiro atoms. The minimum Gasteiger partial charge on any atom is -0.351 e. The van der Waals surface area contributed by atoms with Crippen LogP contribution in [-0.4, -0.2) is 29.4 Å². The highest BCUT2D eigenvalue weighted by Crippen LogP contribution is 2.25. The van der Waals surface area contributed by atoms with Gasteiger partial charge in [-0.05, 0) is 75.8 Å². The number of hydrogen-bond acceptors (Lipinski definition) is 3. The van der Waals surface area contributed by atoms with Gasteiger partial charge in [0, 0.05) is 30.9 Å². The fourth-order valence-electron chi connectivity index (χ4n) is 4.45. The van der Waals surface area contributed by atoms with E-state index < -0.39 is 0 Å². The molecule has 1 aliphatic rings. The van der Waals surface area contributed by atoms with Gasteiger partial charge in [0.25, 0.3) is 5.91 Å². The van der Waals surface area contributed by atoms with E-state index in [9.17, 15) is 9.18 Å².